The zero-order chi connectivity index (χ0) is 23.0. The number of halogens is 4. The molecule has 1 N–H and O–H groups in total. The number of hydrogen-bond donors (Lipinski definition) is 1. The summed E-state index contributed by atoms with van der Waals surface area (Å²) in [5.74, 6) is -0.284. The Morgan fingerprint density at radius 2 is 1.81 bits per heavy atom. The average molecular weight is 551 g/mol. The van der Waals surface area contributed by atoms with Crippen LogP contribution in [-0.4, -0.2) is 35.9 Å². The van der Waals surface area contributed by atoms with Crippen molar-refractivity contribution >= 4 is 62.5 Å². The Balaban J connectivity index is 2.20. The smallest absolute Gasteiger partial charge is 0.261 e. The van der Waals surface area contributed by atoms with Crippen LogP contribution in [0.2, 0.25) is 15.1 Å². The Kier molecular flexibility index (Phi) is 10.4. The van der Waals surface area contributed by atoms with Crippen LogP contribution >= 0.6 is 50.7 Å². The third kappa shape index (κ3) is 7.56. The lowest BCUT2D eigenvalue weighted by Gasteiger charge is -2.29. The summed E-state index contributed by atoms with van der Waals surface area (Å²) in [6.45, 7) is 4.01. The van der Waals surface area contributed by atoms with Crippen molar-refractivity contribution in [1.82, 2.24) is 10.2 Å². The van der Waals surface area contributed by atoms with Crippen LogP contribution in [0.5, 0.6) is 5.75 Å². The van der Waals surface area contributed by atoms with Gasteiger partial charge in [0.15, 0.2) is 6.61 Å². The van der Waals surface area contributed by atoms with Crippen LogP contribution in [0.25, 0.3) is 0 Å². The number of hydrogen-bond acceptors (Lipinski definition) is 3. The van der Waals surface area contributed by atoms with Crippen LogP contribution in [0.1, 0.15) is 32.3 Å². The minimum Gasteiger partial charge on any atom is -0.482 e. The van der Waals surface area contributed by atoms with Gasteiger partial charge in [0.25, 0.3) is 5.91 Å². The number of amides is 2. The molecule has 0 saturated heterocycles. The quantitative estimate of drug-likeness (QED) is 0.363. The van der Waals surface area contributed by atoms with Gasteiger partial charge in [-0.2, -0.15) is 0 Å². The second kappa shape index (κ2) is 12.5. The van der Waals surface area contributed by atoms with E-state index in [0.717, 1.165) is 17.3 Å². The number of carbonyl (C=O) groups is 2. The van der Waals surface area contributed by atoms with Crippen LogP contribution < -0.4 is 10.1 Å². The monoisotopic (exact) mass is 548 g/mol. The minimum atomic E-state index is -0.749. The Morgan fingerprint density at radius 1 is 1.13 bits per heavy atom. The summed E-state index contributed by atoms with van der Waals surface area (Å²) in [5.41, 5.74) is 0.564. The van der Waals surface area contributed by atoms with Gasteiger partial charge in [0.2, 0.25) is 5.91 Å². The molecule has 1 atom stereocenters. The fourth-order valence-electron chi connectivity index (χ4n) is 2.79. The van der Waals surface area contributed by atoms with E-state index in [1.54, 1.807) is 43.3 Å². The fraction of sp³-hybridized carbons (Fsp3) is 0.364. The predicted molar refractivity (Wildman–Crippen MR) is 129 cm³/mol. The Hall–Kier alpha value is -1.47. The second-order valence-electron chi connectivity index (χ2n) is 6.91. The normalized spacial score (nSPS) is 11.7. The first kappa shape index (κ1) is 25.8. The van der Waals surface area contributed by atoms with E-state index in [1.807, 2.05) is 6.92 Å². The van der Waals surface area contributed by atoms with E-state index in [9.17, 15) is 9.59 Å². The Labute approximate surface area is 206 Å². The van der Waals surface area contributed by atoms with Crippen molar-refractivity contribution in [2.24, 2.45) is 0 Å². The summed E-state index contributed by atoms with van der Waals surface area (Å²) >= 11 is 22.1. The molecule has 5 nitrogen and oxygen atoms in total. The summed E-state index contributed by atoms with van der Waals surface area (Å²) in [4.78, 5) is 27.1. The van der Waals surface area contributed by atoms with Crippen LogP contribution in [0, 0.1) is 0 Å². The van der Waals surface area contributed by atoms with Crippen LogP contribution in [-0.2, 0) is 16.1 Å². The zero-order valence-electron chi connectivity index (χ0n) is 17.3. The summed E-state index contributed by atoms with van der Waals surface area (Å²) in [6.07, 6.45) is 1.81. The molecular formula is C22H24BrCl3N2O3. The highest BCUT2D eigenvalue weighted by Gasteiger charge is 2.27. The molecule has 2 rings (SSSR count). The fourth-order valence-corrected chi connectivity index (χ4v) is 4.03. The van der Waals surface area contributed by atoms with Gasteiger partial charge in [0.05, 0.1) is 5.02 Å². The summed E-state index contributed by atoms with van der Waals surface area (Å²) in [5, 5.41) is 4.06. The standard InChI is InChI=1S/C22H24BrCl3N2O3/c1-3-4-10-27-22(30)14(2)28(12-16-17(24)6-5-7-18(16)25)21(29)13-31-20-9-8-15(23)11-19(20)26/h5-9,11,14H,3-4,10,12-13H2,1-2H3,(H,27,30). The van der Waals surface area contributed by atoms with Crippen molar-refractivity contribution in [2.45, 2.75) is 39.3 Å². The molecule has 0 saturated carbocycles. The lowest BCUT2D eigenvalue weighted by molar-refractivity contribution is -0.142. The molecule has 0 aliphatic rings. The van der Waals surface area contributed by atoms with Crippen molar-refractivity contribution in [3.63, 3.8) is 0 Å². The predicted octanol–water partition coefficient (Wildman–Crippen LogP) is 6.12. The van der Waals surface area contributed by atoms with E-state index in [4.69, 9.17) is 39.5 Å². The molecule has 9 heteroatoms. The van der Waals surface area contributed by atoms with Gasteiger partial charge < -0.3 is 15.0 Å². The van der Waals surface area contributed by atoms with E-state index >= 15 is 0 Å². The molecule has 0 bridgehead atoms. The molecule has 0 radical (unpaired) electrons. The van der Waals surface area contributed by atoms with Gasteiger partial charge in [-0.1, -0.05) is 70.1 Å². The molecule has 2 amide bonds. The number of rotatable bonds is 10. The highest BCUT2D eigenvalue weighted by Crippen LogP contribution is 2.29. The van der Waals surface area contributed by atoms with Crippen LogP contribution in [0.15, 0.2) is 40.9 Å². The number of nitrogens with one attached hydrogen (secondary N) is 1. The average Bonchev–Trinajstić information content (AvgIpc) is 2.72. The van der Waals surface area contributed by atoms with Crippen molar-refractivity contribution in [2.75, 3.05) is 13.2 Å². The third-order valence-corrected chi connectivity index (χ3v) is 6.13. The molecule has 0 aliphatic heterocycles. The summed E-state index contributed by atoms with van der Waals surface area (Å²) < 4.78 is 6.41. The van der Waals surface area contributed by atoms with Crippen molar-refractivity contribution in [3.05, 3.63) is 61.5 Å². The molecule has 0 spiro atoms. The topological polar surface area (TPSA) is 58.6 Å². The van der Waals surface area contributed by atoms with Gasteiger partial charge in [-0.15, -0.1) is 0 Å². The zero-order valence-corrected chi connectivity index (χ0v) is 21.1. The van der Waals surface area contributed by atoms with E-state index in [-0.39, 0.29) is 19.1 Å². The molecular weight excluding hydrogens is 527 g/mol. The maximum Gasteiger partial charge on any atom is 0.261 e. The molecule has 31 heavy (non-hydrogen) atoms. The van der Waals surface area contributed by atoms with Gasteiger partial charge >= 0.3 is 0 Å². The number of benzene rings is 2. The Bertz CT molecular complexity index is 907. The number of ether oxygens (including phenoxy) is 1. The summed E-state index contributed by atoms with van der Waals surface area (Å²) in [7, 11) is 0. The van der Waals surface area contributed by atoms with Gasteiger partial charge in [0.1, 0.15) is 11.8 Å². The molecule has 2 aromatic rings. The lowest BCUT2D eigenvalue weighted by Crippen LogP contribution is -2.49. The highest BCUT2D eigenvalue weighted by atomic mass is 79.9. The third-order valence-electron chi connectivity index (χ3n) is 4.63. The SMILES string of the molecule is CCCCNC(=O)C(C)N(Cc1c(Cl)cccc1Cl)C(=O)COc1ccc(Br)cc1Cl. The van der Waals surface area contributed by atoms with Crippen molar-refractivity contribution in [1.29, 1.82) is 0 Å². The van der Waals surface area contributed by atoms with E-state index in [2.05, 4.69) is 21.2 Å². The molecule has 0 fully saturated rings. The molecule has 2 aromatic carbocycles. The largest absolute Gasteiger partial charge is 0.482 e. The second-order valence-corrected chi connectivity index (χ2v) is 9.04. The van der Waals surface area contributed by atoms with Gasteiger partial charge in [-0.25, -0.2) is 0 Å². The van der Waals surface area contributed by atoms with Gasteiger partial charge in [0, 0.05) is 33.2 Å². The van der Waals surface area contributed by atoms with Gasteiger partial charge in [-0.05, 0) is 43.7 Å². The Morgan fingerprint density at radius 3 is 2.42 bits per heavy atom. The first-order valence-corrected chi connectivity index (χ1v) is 11.7. The van der Waals surface area contributed by atoms with E-state index in [0.29, 0.717) is 32.9 Å². The number of nitrogens with zero attached hydrogens (tertiary/aromatic N) is 1. The maximum absolute atomic E-state index is 13.1. The first-order valence-electron chi connectivity index (χ1n) is 9.82. The van der Waals surface area contributed by atoms with Crippen molar-refractivity contribution < 1.29 is 14.3 Å². The molecule has 0 aromatic heterocycles. The number of carbonyl (C=O) groups excluding carboxylic acids is 2. The van der Waals surface area contributed by atoms with Crippen molar-refractivity contribution in [3.8, 4) is 5.75 Å². The number of unbranched alkanes of at least 4 members (excludes halogenated alkanes) is 1. The molecule has 0 heterocycles. The lowest BCUT2D eigenvalue weighted by atomic mass is 10.1. The van der Waals surface area contributed by atoms with Crippen LogP contribution in [0.3, 0.4) is 0 Å². The minimum absolute atomic E-state index is 0.0666. The van der Waals surface area contributed by atoms with Crippen LogP contribution in [0.4, 0.5) is 0 Å². The van der Waals surface area contributed by atoms with Gasteiger partial charge in [-0.3, -0.25) is 9.59 Å². The highest BCUT2D eigenvalue weighted by molar-refractivity contribution is 9.10. The molecule has 168 valence electrons. The molecule has 0 aliphatic carbocycles. The van der Waals surface area contributed by atoms with E-state index in [1.165, 1.54) is 4.90 Å². The summed E-state index contributed by atoms with van der Waals surface area (Å²) in [6, 6.07) is 9.45. The maximum atomic E-state index is 13.1. The van der Waals surface area contributed by atoms with E-state index < -0.39 is 11.9 Å². The molecule has 1 unspecified atom stereocenters. The first-order chi connectivity index (χ1) is 14.7.